The lowest BCUT2D eigenvalue weighted by molar-refractivity contribution is -0.132. The van der Waals surface area contributed by atoms with E-state index in [-0.39, 0.29) is 17.9 Å². The highest BCUT2D eigenvalue weighted by Crippen LogP contribution is 2.44. The summed E-state index contributed by atoms with van der Waals surface area (Å²) in [5, 5.41) is 3.81. The van der Waals surface area contributed by atoms with E-state index in [9.17, 15) is 9.59 Å². The van der Waals surface area contributed by atoms with E-state index in [1.807, 2.05) is 30.3 Å². The normalized spacial score (nSPS) is 34.0. The lowest BCUT2D eigenvalue weighted by Crippen LogP contribution is -2.52. The van der Waals surface area contributed by atoms with Crippen LogP contribution in [0.15, 0.2) is 47.6 Å². The van der Waals surface area contributed by atoms with Crippen LogP contribution in [-0.4, -0.2) is 42.4 Å². The number of hydrogen-bond donors (Lipinski definition) is 0. The van der Waals surface area contributed by atoms with Gasteiger partial charge in [-0.25, -0.2) is 4.79 Å². The molecule has 3 aliphatic rings. The average molecular weight is 329 g/mol. The van der Waals surface area contributed by atoms with Crippen LogP contribution in [0.5, 0.6) is 0 Å². The molecule has 0 bridgehead atoms. The molecule has 0 aromatic heterocycles. The summed E-state index contributed by atoms with van der Waals surface area (Å²) >= 11 is 0. The number of methoxy groups -OCH3 is 1. The number of hydrogen-bond acceptors (Lipinski definition) is 7. The zero-order valence-corrected chi connectivity index (χ0v) is 12.9. The van der Waals surface area contributed by atoms with Crippen LogP contribution in [0.1, 0.15) is 18.3 Å². The Hall–Kier alpha value is -2.51. The summed E-state index contributed by atoms with van der Waals surface area (Å²) in [5.41, 5.74) is -0.0741. The number of ketones is 1. The third-order valence-corrected chi connectivity index (χ3v) is 4.37. The molecule has 0 amide bonds. The van der Waals surface area contributed by atoms with Gasteiger partial charge in [0.2, 0.25) is 0 Å². The molecule has 1 unspecified atom stereocenters. The maximum Gasteiger partial charge on any atom is 0.356 e. The molecule has 24 heavy (non-hydrogen) atoms. The van der Waals surface area contributed by atoms with Crippen molar-refractivity contribution in [3.8, 4) is 0 Å². The molecule has 0 saturated carbocycles. The lowest BCUT2D eigenvalue weighted by atomic mass is 9.82. The highest BCUT2D eigenvalue weighted by atomic mass is 16.8. The van der Waals surface area contributed by atoms with E-state index in [1.165, 1.54) is 13.2 Å². The van der Waals surface area contributed by atoms with E-state index in [4.69, 9.17) is 14.3 Å². The highest BCUT2D eigenvalue weighted by Gasteiger charge is 2.58. The molecule has 0 N–H and O–H groups in total. The number of oxime groups is 1. The largest absolute Gasteiger partial charge is 0.464 e. The minimum Gasteiger partial charge on any atom is -0.464 e. The molecule has 1 spiro atoms. The Morgan fingerprint density at radius 1 is 1.29 bits per heavy atom. The summed E-state index contributed by atoms with van der Waals surface area (Å²) < 4.78 is 16.5. The van der Waals surface area contributed by atoms with Crippen molar-refractivity contribution in [1.29, 1.82) is 0 Å². The number of rotatable bonds is 2. The smallest absolute Gasteiger partial charge is 0.356 e. The van der Waals surface area contributed by atoms with E-state index < -0.39 is 30.1 Å². The van der Waals surface area contributed by atoms with E-state index in [0.29, 0.717) is 0 Å². The van der Waals surface area contributed by atoms with Crippen LogP contribution in [0, 0.1) is 0 Å². The van der Waals surface area contributed by atoms with Crippen LogP contribution in [0.3, 0.4) is 0 Å². The van der Waals surface area contributed by atoms with Crippen molar-refractivity contribution >= 4 is 17.5 Å². The third kappa shape index (κ3) is 2.24. The maximum atomic E-state index is 12.2. The van der Waals surface area contributed by atoms with E-state index >= 15 is 0 Å². The molecule has 4 atom stereocenters. The Morgan fingerprint density at radius 3 is 2.83 bits per heavy atom. The Balaban J connectivity index is 1.61. The summed E-state index contributed by atoms with van der Waals surface area (Å²) in [4.78, 5) is 29.4. The van der Waals surface area contributed by atoms with Crippen LogP contribution >= 0.6 is 0 Å². The zero-order valence-electron chi connectivity index (χ0n) is 12.9. The number of fused-ring (bicyclic) bond motifs is 2. The van der Waals surface area contributed by atoms with Gasteiger partial charge < -0.3 is 19.0 Å². The van der Waals surface area contributed by atoms with Crippen LogP contribution in [0.2, 0.25) is 0 Å². The van der Waals surface area contributed by atoms with Gasteiger partial charge in [0.15, 0.2) is 29.5 Å². The molecule has 2 heterocycles. The molecular formula is C17H15NO6. The SMILES string of the molecule is COC(=O)C1=NO[C@@]2(C=CC(=O)[C@H]3OC(c4ccccc4)O[C@H]32)C1. The fraction of sp³-hybridized carbons (Fsp3) is 0.353. The summed E-state index contributed by atoms with van der Waals surface area (Å²) in [6.45, 7) is 0. The van der Waals surface area contributed by atoms with Crippen molar-refractivity contribution in [2.75, 3.05) is 7.11 Å². The summed E-state index contributed by atoms with van der Waals surface area (Å²) in [7, 11) is 1.28. The maximum absolute atomic E-state index is 12.2. The van der Waals surface area contributed by atoms with Gasteiger partial charge in [0.05, 0.1) is 7.11 Å². The molecule has 1 fully saturated rings. The first kappa shape index (κ1) is 15.0. The zero-order chi connectivity index (χ0) is 16.7. The summed E-state index contributed by atoms with van der Waals surface area (Å²) in [6.07, 6.45) is 0.988. The van der Waals surface area contributed by atoms with E-state index in [0.717, 1.165) is 5.56 Å². The lowest BCUT2D eigenvalue weighted by Gasteiger charge is -2.33. The number of carbonyl (C=O) groups excluding carboxylic acids is 2. The van der Waals surface area contributed by atoms with Gasteiger partial charge in [-0.2, -0.15) is 0 Å². The standard InChI is InChI=1S/C17H15NO6/c1-21-15(20)11-9-17(24-18-11)8-7-12(19)13-14(17)23-16(22-13)10-5-3-2-4-6-10/h2-8,13-14,16H,9H2,1H3/t13-,14-,16?,17+/m1/s1. The monoisotopic (exact) mass is 329 g/mol. The first-order valence-electron chi connectivity index (χ1n) is 7.55. The predicted octanol–water partition coefficient (Wildman–Crippen LogP) is 1.30. The number of esters is 1. The molecule has 124 valence electrons. The van der Waals surface area contributed by atoms with Crippen molar-refractivity contribution in [3.63, 3.8) is 0 Å². The fourth-order valence-electron chi connectivity index (χ4n) is 3.14. The number of nitrogens with zero attached hydrogens (tertiary/aromatic N) is 1. The predicted molar refractivity (Wildman–Crippen MR) is 81.0 cm³/mol. The average Bonchev–Trinajstić information content (AvgIpc) is 3.25. The van der Waals surface area contributed by atoms with Crippen molar-refractivity contribution in [2.45, 2.75) is 30.5 Å². The van der Waals surface area contributed by atoms with Crippen molar-refractivity contribution in [2.24, 2.45) is 5.16 Å². The molecule has 1 aromatic carbocycles. The van der Waals surface area contributed by atoms with Crippen molar-refractivity contribution in [3.05, 3.63) is 48.0 Å². The molecular weight excluding hydrogens is 314 g/mol. The molecule has 7 nitrogen and oxygen atoms in total. The Bertz CT molecular complexity index is 743. The highest BCUT2D eigenvalue weighted by molar-refractivity contribution is 6.37. The van der Waals surface area contributed by atoms with Crippen LogP contribution in [0.25, 0.3) is 0 Å². The second-order valence-electron chi connectivity index (χ2n) is 5.84. The number of benzene rings is 1. The fourth-order valence-corrected chi connectivity index (χ4v) is 3.14. The summed E-state index contributed by atoms with van der Waals surface area (Å²) in [5.74, 6) is -0.758. The topological polar surface area (TPSA) is 83.4 Å². The Labute approximate surface area is 137 Å². The number of ether oxygens (including phenoxy) is 3. The molecule has 1 aromatic rings. The van der Waals surface area contributed by atoms with Gasteiger partial charge in [0, 0.05) is 12.0 Å². The Kier molecular flexibility index (Phi) is 3.47. The second kappa shape index (κ2) is 5.54. The Morgan fingerprint density at radius 2 is 2.08 bits per heavy atom. The van der Waals surface area contributed by atoms with Gasteiger partial charge in [0.25, 0.3) is 0 Å². The molecule has 1 saturated heterocycles. The van der Waals surface area contributed by atoms with Crippen LogP contribution in [0.4, 0.5) is 0 Å². The molecule has 1 aliphatic carbocycles. The van der Waals surface area contributed by atoms with Crippen molar-refractivity contribution in [1.82, 2.24) is 0 Å². The third-order valence-electron chi connectivity index (χ3n) is 4.37. The second-order valence-corrected chi connectivity index (χ2v) is 5.84. The van der Waals surface area contributed by atoms with Gasteiger partial charge in [-0.05, 0) is 12.2 Å². The minimum absolute atomic E-state index is 0.155. The molecule has 4 rings (SSSR count). The molecule has 2 aliphatic heterocycles. The van der Waals surface area contributed by atoms with E-state index in [2.05, 4.69) is 9.89 Å². The van der Waals surface area contributed by atoms with Crippen molar-refractivity contribution < 1.29 is 28.6 Å². The summed E-state index contributed by atoms with van der Waals surface area (Å²) in [6, 6.07) is 9.34. The first-order chi connectivity index (χ1) is 11.6. The molecule has 7 heteroatoms. The van der Waals surface area contributed by atoms with Gasteiger partial charge in [0.1, 0.15) is 6.10 Å². The first-order valence-corrected chi connectivity index (χ1v) is 7.55. The van der Waals surface area contributed by atoms with Crippen LogP contribution < -0.4 is 0 Å². The minimum atomic E-state index is -1.04. The quantitative estimate of drug-likeness (QED) is 0.761. The molecule has 0 radical (unpaired) electrons. The van der Waals surface area contributed by atoms with Gasteiger partial charge >= 0.3 is 5.97 Å². The number of carbonyl (C=O) groups is 2. The van der Waals surface area contributed by atoms with Gasteiger partial charge in [-0.1, -0.05) is 35.5 Å². The van der Waals surface area contributed by atoms with E-state index in [1.54, 1.807) is 6.08 Å². The van der Waals surface area contributed by atoms with Gasteiger partial charge in [-0.3, -0.25) is 4.79 Å². The van der Waals surface area contributed by atoms with Crippen LogP contribution in [-0.2, 0) is 28.6 Å². The van der Waals surface area contributed by atoms with Gasteiger partial charge in [-0.15, -0.1) is 0 Å².